The fraction of sp³-hybridized carbons (Fsp3) is 0.444. The van der Waals surface area contributed by atoms with Gasteiger partial charge in [-0.1, -0.05) is 6.92 Å². The van der Waals surface area contributed by atoms with E-state index in [-0.39, 0.29) is 5.03 Å². The van der Waals surface area contributed by atoms with Gasteiger partial charge in [0.2, 0.25) is 0 Å². The van der Waals surface area contributed by atoms with E-state index in [2.05, 4.69) is 4.98 Å². The van der Waals surface area contributed by atoms with Crippen molar-refractivity contribution in [3.8, 4) is 0 Å². The quantitative estimate of drug-likeness (QED) is 0.722. The number of sulfone groups is 1. The fourth-order valence-corrected chi connectivity index (χ4v) is 1.77. The van der Waals surface area contributed by atoms with Gasteiger partial charge in [-0.05, 0) is 30.5 Å². The average molecular weight is 199 g/mol. The molecule has 0 aliphatic rings. The Morgan fingerprint density at radius 2 is 2.08 bits per heavy atom. The smallest absolute Gasteiger partial charge is 0.192 e. The minimum absolute atomic E-state index is 0.155. The summed E-state index contributed by atoms with van der Waals surface area (Å²) in [5.74, 6) is 0. The number of hydrogen-bond donors (Lipinski definition) is 0. The Morgan fingerprint density at radius 1 is 1.46 bits per heavy atom. The SMILES string of the molecule is CCc1cnc(S(C)(=O)=O)cc1C. The van der Waals surface area contributed by atoms with Crippen LogP contribution in [0.2, 0.25) is 0 Å². The maximum Gasteiger partial charge on any atom is 0.192 e. The number of rotatable bonds is 2. The van der Waals surface area contributed by atoms with E-state index in [0.29, 0.717) is 0 Å². The number of hydrogen-bond acceptors (Lipinski definition) is 3. The summed E-state index contributed by atoms with van der Waals surface area (Å²) in [6.45, 7) is 3.92. The van der Waals surface area contributed by atoms with Gasteiger partial charge in [0.05, 0.1) is 0 Å². The van der Waals surface area contributed by atoms with Crippen LogP contribution < -0.4 is 0 Å². The monoisotopic (exact) mass is 199 g/mol. The average Bonchev–Trinajstić information content (AvgIpc) is 2.02. The molecule has 13 heavy (non-hydrogen) atoms. The summed E-state index contributed by atoms with van der Waals surface area (Å²) in [6.07, 6.45) is 3.68. The highest BCUT2D eigenvalue weighted by Gasteiger charge is 2.09. The molecule has 72 valence electrons. The Morgan fingerprint density at radius 3 is 2.46 bits per heavy atom. The molecule has 0 aliphatic heterocycles. The molecule has 0 aliphatic carbocycles. The summed E-state index contributed by atoms with van der Waals surface area (Å²) < 4.78 is 22.2. The second kappa shape index (κ2) is 3.46. The maximum absolute atomic E-state index is 11.1. The Kier molecular flexibility index (Phi) is 2.71. The van der Waals surface area contributed by atoms with E-state index in [1.54, 1.807) is 12.3 Å². The lowest BCUT2D eigenvalue weighted by Crippen LogP contribution is -2.02. The number of aromatic nitrogens is 1. The zero-order valence-electron chi connectivity index (χ0n) is 8.03. The molecule has 0 aromatic carbocycles. The fourth-order valence-electron chi connectivity index (χ4n) is 1.13. The topological polar surface area (TPSA) is 47.0 Å². The van der Waals surface area contributed by atoms with Gasteiger partial charge in [-0.15, -0.1) is 0 Å². The lowest BCUT2D eigenvalue weighted by molar-refractivity contribution is 0.598. The molecule has 1 aromatic rings. The molecule has 0 bridgehead atoms. The highest BCUT2D eigenvalue weighted by molar-refractivity contribution is 7.90. The largest absolute Gasteiger partial charge is 0.244 e. The summed E-state index contributed by atoms with van der Waals surface area (Å²) in [7, 11) is -3.16. The van der Waals surface area contributed by atoms with Crippen LogP contribution in [0, 0.1) is 6.92 Å². The molecule has 0 N–H and O–H groups in total. The van der Waals surface area contributed by atoms with E-state index in [1.165, 1.54) is 6.26 Å². The molecular formula is C9H13NO2S. The van der Waals surface area contributed by atoms with E-state index in [1.807, 2.05) is 13.8 Å². The van der Waals surface area contributed by atoms with Gasteiger partial charge in [-0.3, -0.25) is 0 Å². The zero-order chi connectivity index (χ0) is 10.1. The van der Waals surface area contributed by atoms with Gasteiger partial charge < -0.3 is 0 Å². The molecule has 0 radical (unpaired) electrons. The molecular weight excluding hydrogens is 186 g/mol. The summed E-state index contributed by atoms with van der Waals surface area (Å²) in [5.41, 5.74) is 2.07. The van der Waals surface area contributed by atoms with E-state index in [4.69, 9.17) is 0 Å². The molecule has 1 aromatic heterocycles. The number of aryl methyl sites for hydroxylation is 2. The standard InChI is InChI=1S/C9H13NO2S/c1-4-8-6-10-9(5-7(8)2)13(3,11)12/h5-6H,4H2,1-3H3. The summed E-state index contributed by atoms with van der Waals surface area (Å²) in [4.78, 5) is 3.89. The normalized spacial score (nSPS) is 11.6. The van der Waals surface area contributed by atoms with Crippen molar-refractivity contribution in [2.75, 3.05) is 6.26 Å². The van der Waals surface area contributed by atoms with Gasteiger partial charge in [0.15, 0.2) is 14.9 Å². The lowest BCUT2D eigenvalue weighted by atomic mass is 10.1. The van der Waals surface area contributed by atoms with Crippen molar-refractivity contribution in [2.24, 2.45) is 0 Å². The Hall–Kier alpha value is -0.900. The predicted molar refractivity (Wildman–Crippen MR) is 51.5 cm³/mol. The van der Waals surface area contributed by atoms with Crippen molar-refractivity contribution in [3.05, 3.63) is 23.4 Å². The van der Waals surface area contributed by atoms with Crippen LogP contribution in [0.15, 0.2) is 17.3 Å². The highest BCUT2D eigenvalue weighted by Crippen LogP contribution is 2.12. The van der Waals surface area contributed by atoms with Crippen LogP contribution in [-0.4, -0.2) is 19.7 Å². The van der Waals surface area contributed by atoms with Crippen LogP contribution in [0.25, 0.3) is 0 Å². The second-order valence-electron chi connectivity index (χ2n) is 3.07. The first-order valence-corrected chi connectivity index (χ1v) is 6.00. The van der Waals surface area contributed by atoms with Crippen molar-refractivity contribution in [3.63, 3.8) is 0 Å². The lowest BCUT2D eigenvalue weighted by Gasteiger charge is -2.03. The van der Waals surface area contributed by atoms with E-state index in [0.717, 1.165) is 17.5 Å². The Bertz CT molecular complexity index is 410. The van der Waals surface area contributed by atoms with Crippen LogP contribution in [0.4, 0.5) is 0 Å². The first-order valence-electron chi connectivity index (χ1n) is 4.10. The summed E-state index contributed by atoms with van der Waals surface area (Å²) in [5, 5.41) is 0.155. The van der Waals surface area contributed by atoms with Gasteiger partial charge in [0, 0.05) is 12.5 Å². The Balaban J connectivity index is 3.26. The molecule has 4 heteroatoms. The molecule has 1 heterocycles. The first-order chi connectivity index (χ1) is 5.95. The molecule has 0 spiro atoms. The molecule has 0 fully saturated rings. The van der Waals surface area contributed by atoms with Crippen molar-refractivity contribution < 1.29 is 8.42 Å². The first kappa shape index (κ1) is 10.2. The van der Waals surface area contributed by atoms with Gasteiger partial charge in [0.1, 0.15) is 0 Å². The van der Waals surface area contributed by atoms with Crippen LogP contribution in [0.3, 0.4) is 0 Å². The zero-order valence-corrected chi connectivity index (χ0v) is 8.85. The van der Waals surface area contributed by atoms with Crippen LogP contribution >= 0.6 is 0 Å². The number of pyridine rings is 1. The minimum Gasteiger partial charge on any atom is -0.244 e. The van der Waals surface area contributed by atoms with Gasteiger partial charge >= 0.3 is 0 Å². The predicted octanol–water partition coefficient (Wildman–Crippen LogP) is 1.36. The van der Waals surface area contributed by atoms with E-state index in [9.17, 15) is 8.42 Å². The molecule has 3 nitrogen and oxygen atoms in total. The molecule has 0 saturated heterocycles. The van der Waals surface area contributed by atoms with Crippen molar-refractivity contribution >= 4 is 9.84 Å². The van der Waals surface area contributed by atoms with Gasteiger partial charge in [-0.2, -0.15) is 0 Å². The second-order valence-corrected chi connectivity index (χ2v) is 5.04. The van der Waals surface area contributed by atoms with Crippen molar-refractivity contribution in [1.82, 2.24) is 4.98 Å². The van der Waals surface area contributed by atoms with E-state index < -0.39 is 9.84 Å². The van der Waals surface area contributed by atoms with Crippen LogP contribution in [0.5, 0.6) is 0 Å². The number of nitrogens with zero attached hydrogens (tertiary/aromatic N) is 1. The van der Waals surface area contributed by atoms with Gasteiger partial charge in [0.25, 0.3) is 0 Å². The molecule has 0 saturated carbocycles. The molecule has 0 amide bonds. The van der Waals surface area contributed by atoms with Crippen LogP contribution in [-0.2, 0) is 16.3 Å². The maximum atomic E-state index is 11.1. The Labute approximate surface area is 78.7 Å². The third kappa shape index (κ3) is 2.28. The summed E-state index contributed by atoms with van der Waals surface area (Å²) in [6, 6.07) is 1.62. The molecule has 1 rings (SSSR count). The minimum atomic E-state index is -3.16. The van der Waals surface area contributed by atoms with Crippen molar-refractivity contribution in [2.45, 2.75) is 25.3 Å². The van der Waals surface area contributed by atoms with E-state index >= 15 is 0 Å². The van der Waals surface area contributed by atoms with Gasteiger partial charge in [-0.25, -0.2) is 13.4 Å². The van der Waals surface area contributed by atoms with Crippen LogP contribution in [0.1, 0.15) is 18.1 Å². The third-order valence-corrected chi connectivity index (χ3v) is 2.94. The highest BCUT2D eigenvalue weighted by atomic mass is 32.2. The van der Waals surface area contributed by atoms with Crippen molar-refractivity contribution in [1.29, 1.82) is 0 Å². The molecule has 0 atom stereocenters. The summed E-state index contributed by atoms with van der Waals surface area (Å²) >= 11 is 0. The third-order valence-electron chi connectivity index (χ3n) is 1.95. The molecule has 0 unspecified atom stereocenters.